The van der Waals surface area contributed by atoms with E-state index in [4.69, 9.17) is 20.6 Å². The smallest absolute Gasteiger partial charge is 0.329 e. The number of anilines is 1. The molecule has 0 aliphatic rings. The fourth-order valence-electron chi connectivity index (χ4n) is 5.83. The topological polar surface area (TPSA) is 186 Å². The normalized spacial score (nSPS) is 13.1. The van der Waals surface area contributed by atoms with Gasteiger partial charge in [0.25, 0.3) is 11.5 Å². The number of rotatable bonds is 15. The molecule has 1 aromatic heterocycles. The second kappa shape index (κ2) is 18.7. The number of aromatic amines is 1. The number of H-pyrrole nitrogens is 1. The maximum Gasteiger partial charge on any atom is 0.329 e. The number of nitrogens with zero attached hydrogens (tertiary/aromatic N) is 2. The highest BCUT2D eigenvalue weighted by molar-refractivity contribution is 5.97. The van der Waals surface area contributed by atoms with E-state index in [-0.39, 0.29) is 36.9 Å². The first kappa shape index (κ1) is 46.7. The minimum atomic E-state index is -1.34. The number of amides is 2. The van der Waals surface area contributed by atoms with Gasteiger partial charge in [-0.25, -0.2) is 14.6 Å². The van der Waals surface area contributed by atoms with Crippen molar-refractivity contribution < 1.29 is 38.2 Å². The molecule has 314 valence electrons. The van der Waals surface area contributed by atoms with E-state index in [0.717, 1.165) is 5.56 Å². The van der Waals surface area contributed by atoms with Crippen LogP contribution < -0.4 is 21.1 Å². The number of hydrogen-bond donors (Lipinski definition) is 3. The lowest BCUT2D eigenvalue weighted by Gasteiger charge is -2.32. The second-order valence-corrected chi connectivity index (χ2v) is 17.9. The molecule has 3 rings (SSSR count). The molecule has 0 saturated heterocycles. The van der Waals surface area contributed by atoms with Crippen molar-refractivity contribution in [1.82, 2.24) is 20.6 Å². The average Bonchev–Trinajstić information content (AvgIpc) is 3.07. The molecule has 0 aliphatic heterocycles. The summed E-state index contributed by atoms with van der Waals surface area (Å²) in [5, 5.41) is 5.91. The van der Waals surface area contributed by atoms with Gasteiger partial charge in [-0.15, -0.1) is 6.42 Å². The van der Waals surface area contributed by atoms with Crippen LogP contribution in [0.5, 0.6) is 0 Å². The van der Waals surface area contributed by atoms with Crippen molar-refractivity contribution in [3.8, 4) is 12.3 Å². The number of benzene rings is 2. The van der Waals surface area contributed by atoms with Crippen LogP contribution in [0.2, 0.25) is 0 Å². The zero-order valence-electron chi connectivity index (χ0n) is 35.9. The lowest BCUT2D eigenvalue weighted by molar-refractivity contribution is -0.162. The third-order valence-corrected chi connectivity index (χ3v) is 8.42. The Morgan fingerprint density at radius 2 is 1.38 bits per heavy atom. The van der Waals surface area contributed by atoms with Crippen molar-refractivity contribution in [2.75, 3.05) is 11.4 Å². The van der Waals surface area contributed by atoms with Crippen molar-refractivity contribution in [2.45, 2.75) is 138 Å². The van der Waals surface area contributed by atoms with E-state index in [1.54, 1.807) is 119 Å². The summed E-state index contributed by atoms with van der Waals surface area (Å²) in [7, 11) is 0. The molecule has 2 amide bonds. The first-order chi connectivity index (χ1) is 26.7. The van der Waals surface area contributed by atoms with Crippen LogP contribution in [-0.2, 0) is 39.9 Å². The summed E-state index contributed by atoms with van der Waals surface area (Å²) in [5.74, 6) is -0.0771. The Morgan fingerprint density at radius 3 is 1.93 bits per heavy atom. The Bertz CT molecular complexity index is 2080. The number of hydrogen-bond acceptors (Lipinski definition) is 11. The van der Waals surface area contributed by atoms with Gasteiger partial charge in [0.1, 0.15) is 34.7 Å². The highest BCUT2D eigenvalue weighted by Gasteiger charge is 2.39. The summed E-state index contributed by atoms with van der Waals surface area (Å²) >= 11 is 0. The Labute approximate surface area is 341 Å². The molecule has 58 heavy (non-hydrogen) atoms. The molecule has 3 aromatic rings. The number of nitrogens with one attached hydrogen (secondary N) is 3. The van der Waals surface area contributed by atoms with Gasteiger partial charge in [-0.1, -0.05) is 25.8 Å². The van der Waals surface area contributed by atoms with Gasteiger partial charge in [-0.05, 0) is 124 Å². The van der Waals surface area contributed by atoms with Crippen LogP contribution in [0.1, 0.15) is 117 Å². The lowest BCUT2D eigenvalue weighted by Crippen LogP contribution is -2.52. The number of ether oxygens (including phenoxy) is 3. The Hall–Kier alpha value is -5.71. The van der Waals surface area contributed by atoms with Gasteiger partial charge in [0, 0.05) is 29.6 Å². The summed E-state index contributed by atoms with van der Waals surface area (Å²) in [6.45, 7) is 20.8. The summed E-state index contributed by atoms with van der Waals surface area (Å²) in [6, 6.07) is 9.57. The van der Waals surface area contributed by atoms with Gasteiger partial charge < -0.3 is 34.7 Å². The van der Waals surface area contributed by atoms with Crippen molar-refractivity contribution >= 4 is 46.3 Å². The second-order valence-electron chi connectivity index (χ2n) is 17.9. The molecule has 1 heterocycles. The van der Waals surface area contributed by atoms with Gasteiger partial charge in [0.2, 0.25) is 5.91 Å². The molecule has 0 fully saturated rings. The maximum absolute atomic E-state index is 13.9. The van der Waals surface area contributed by atoms with Crippen LogP contribution in [0.15, 0.2) is 47.3 Å². The molecular formula is C44H59N5O9. The van der Waals surface area contributed by atoms with Crippen molar-refractivity contribution in [2.24, 2.45) is 5.41 Å². The van der Waals surface area contributed by atoms with E-state index in [1.807, 2.05) is 11.0 Å². The molecule has 0 spiro atoms. The van der Waals surface area contributed by atoms with Gasteiger partial charge in [-0.2, -0.15) is 0 Å². The number of carbonyl (C=O) groups excluding carboxylic acids is 5. The molecule has 0 radical (unpaired) electrons. The van der Waals surface area contributed by atoms with Gasteiger partial charge in [-0.3, -0.25) is 19.2 Å². The largest absolute Gasteiger partial charge is 0.460 e. The zero-order valence-corrected chi connectivity index (χ0v) is 35.9. The number of aromatic nitrogens is 2. The number of terminal acetylenes is 1. The molecular weight excluding hydrogens is 743 g/mol. The van der Waals surface area contributed by atoms with Crippen LogP contribution >= 0.6 is 0 Å². The highest BCUT2D eigenvalue weighted by atomic mass is 16.6. The monoisotopic (exact) mass is 801 g/mol. The summed E-state index contributed by atoms with van der Waals surface area (Å²) in [5.41, 5.74) is -1.77. The van der Waals surface area contributed by atoms with Gasteiger partial charge in [0.15, 0.2) is 0 Å². The molecule has 14 nitrogen and oxygen atoms in total. The molecule has 0 aliphatic carbocycles. The summed E-state index contributed by atoms with van der Waals surface area (Å²) in [4.78, 5) is 88.4. The van der Waals surface area contributed by atoms with Crippen LogP contribution in [0.25, 0.3) is 10.9 Å². The molecule has 2 atom stereocenters. The van der Waals surface area contributed by atoms with E-state index in [2.05, 4.69) is 26.5 Å². The molecule has 14 heteroatoms. The van der Waals surface area contributed by atoms with Gasteiger partial charge in [0.05, 0.1) is 17.4 Å². The predicted molar refractivity (Wildman–Crippen MR) is 222 cm³/mol. The Kier molecular flexibility index (Phi) is 15.0. The minimum Gasteiger partial charge on any atom is -0.460 e. The minimum absolute atomic E-state index is 0.0914. The number of carbonyl (C=O) groups is 5. The molecule has 0 bridgehead atoms. The van der Waals surface area contributed by atoms with Crippen LogP contribution in [-0.4, -0.2) is 75.1 Å². The fraction of sp³-hybridized carbons (Fsp3) is 0.523. The van der Waals surface area contributed by atoms with Gasteiger partial charge >= 0.3 is 17.9 Å². The van der Waals surface area contributed by atoms with E-state index in [0.29, 0.717) is 29.0 Å². The Balaban J connectivity index is 1.82. The quantitative estimate of drug-likeness (QED) is 0.0976. The summed E-state index contributed by atoms with van der Waals surface area (Å²) < 4.78 is 16.6. The predicted octanol–water partition coefficient (Wildman–Crippen LogP) is 5.68. The number of aryl methyl sites for hydroxylation is 1. The first-order valence-corrected chi connectivity index (χ1v) is 19.2. The zero-order chi connectivity index (χ0) is 43.8. The molecule has 2 aromatic carbocycles. The van der Waals surface area contributed by atoms with Crippen LogP contribution in [0.3, 0.4) is 0 Å². The third-order valence-electron chi connectivity index (χ3n) is 8.42. The van der Waals surface area contributed by atoms with Crippen LogP contribution in [0.4, 0.5) is 5.69 Å². The first-order valence-electron chi connectivity index (χ1n) is 19.2. The highest BCUT2D eigenvalue weighted by Crippen LogP contribution is 2.27. The fourth-order valence-corrected chi connectivity index (χ4v) is 5.83. The van der Waals surface area contributed by atoms with E-state index in [9.17, 15) is 28.8 Å². The lowest BCUT2D eigenvalue weighted by atomic mass is 9.84. The summed E-state index contributed by atoms with van der Waals surface area (Å²) in [6.07, 6.45) is 5.24. The van der Waals surface area contributed by atoms with Crippen molar-refractivity contribution in [3.63, 3.8) is 0 Å². The average molecular weight is 802 g/mol. The Morgan fingerprint density at radius 1 is 0.810 bits per heavy atom. The van der Waals surface area contributed by atoms with E-state index in [1.165, 1.54) is 0 Å². The molecule has 0 saturated carbocycles. The van der Waals surface area contributed by atoms with Crippen LogP contribution in [0, 0.1) is 24.7 Å². The standard InChI is InChI=1S/C44H59N5O9/c1-14-23-49(26-28-15-20-32-31(24-28)37(52)46-27(2)45-32)30-18-16-29(17-19-30)36(51)47-34(39(54)58-43(9,10)11)25-44(12,13)40(55)48-33(38(53)57-42(6,7)8)21-22-35(50)56-41(3,4)5/h1,15-20,24,33-34H,21-23,25-26H2,2-13H3,(H,47,51)(H,48,55)(H,45,46,52)/t33-,34-/m0/s1. The maximum atomic E-state index is 13.9. The van der Waals surface area contributed by atoms with Crippen molar-refractivity contribution in [1.29, 1.82) is 0 Å². The third kappa shape index (κ3) is 14.7. The molecule has 3 N–H and O–H groups in total. The SMILES string of the molecule is C#CCN(Cc1ccc2nc(C)[nH]c(=O)c2c1)c1ccc(C(=O)N[C@@H](CC(C)(C)C(=O)N[C@@H](CCC(=O)OC(C)(C)C)C(=O)OC(C)(C)C)C(=O)OC(C)(C)C)cc1. The number of fused-ring (bicyclic) bond motifs is 1. The molecule has 0 unspecified atom stereocenters. The van der Waals surface area contributed by atoms with E-state index < -0.39 is 64.0 Å². The van der Waals surface area contributed by atoms with Crippen molar-refractivity contribution in [3.05, 3.63) is 69.8 Å². The van der Waals surface area contributed by atoms with E-state index >= 15 is 0 Å². The number of esters is 3.